The van der Waals surface area contributed by atoms with E-state index in [1.807, 2.05) is 11.3 Å². The Hall–Kier alpha value is -2.75. The van der Waals surface area contributed by atoms with Gasteiger partial charge in [0.1, 0.15) is 0 Å². The molecular formula is C25H14BrNS. The summed E-state index contributed by atoms with van der Waals surface area (Å²) in [6.07, 6.45) is 0. The predicted molar refractivity (Wildman–Crippen MR) is 125 cm³/mol. The molecule has 0 spiro atoms. The Bertz CT molecular complexity index is 1530. The van der Waals surface area contributed by atoms with Crippen LogP contribution in [0.3, 0.4) is 0 Å². The molecule has 0 radical (unpaired) electrons. The van der Waals surface area contributed by atoms with Gasteiger partial charge in [-0.2, -0.15) is 0 Å². The lowest BCUT2D eigenvalue weighted by molar-refractivity contribution is 1.43. The Morgan fingerprint density at radius 1 is 0.679 bits per heavy atom. The van der Waals surface area contributed by atoms with Gasteiger partial charge in [0, 0.05) is 46.4 Å². The van der Waals surface area contributed by atoms with Gasteiger partial charge in [0.2, 0.25) is 0 Å². The molecule has 0 amide bonds. The first-order valence-electron chi connectivity index (χ1n) is 9.18. The Labute approximate surface area is 174 Å². The molecule has 2 aromatic heterocycles. The normalized spacial score (nSPS) is 11.8. The number of hydrogen-bond acceptors (Lipinski definition) is 2. The summed E-state index contributed by atoms with van der Waals surface area (Å²) in [7, 11) is 0. The first kappa shape index (κ1) is 16.2. The predicted octanol–water partition coefficient (Wildman–Crippen LogP) is 8.19. The lowest BCUT2D eigenvalue weighted by Crippen LogP contribution is -1.90. The molecule has 132 valence electrons. The van der Waals surface area contributed by atoms with Gasteiger partial charge in [-0.25, -0.2) is 4.98 Å². The van der Waals surface area contributed by atoms with Crippen molar-refractivity contribution in [2.24, 2.45) is 0 Å². The van der Waals surface area contributed by atoms with Crippen LogP contribution in [0.5, 0.6) is 0 Å². The molecule has 6 aromatic rings. The average molecular weight is 440 g/mol. The van der Waals surface area contributed by atoms with Crippen molar-refractivity contribution in [3.63, 3.8) is 0 Å². The number of nitrogens with zero attached hydrogens (tertiary/aromatic N) is 1. The number of benzene rings is 4. The Morgan fingerprint density at radius 3 is 2.36 bits per heavy atom. The summed E-state index contributed by atoms with van der Waals surface area (Å²) in [5.74, 6) is 0. The molecule has 2 heterocycles. The number of hydrogen-bond donors (Lipinski definition) is 0. The summed E-state index contributed by atoms with van der Waals surface area (Å²) >= 11 is 5.49. The van der Waals surface area contributed by atoms with Crippen LogP contribution in [0.2, 0.25) is 0 Å². The van der Waals surface area contributed by atoms with Gasteiger partial charge in [0.15, 0.2) is 0 Å². The summed E-state index contributed by atoms with van der Waals surface area (Å²) in [4.78, 5) is 5.06. The van der Waals surface area contributed by atoms with E-state index in [1.165, 1.54) is 36.3 Å². The van der Waals surface area contributed by atoms with Gasteiger partial charge in [-0.3, -0.25) is 0 Å². The number of thiophene rings is 1. The second-order valence-electron chi connectivity index (χ2n) is 6.95. The van der Waals surface area contributed by atoms with E-state index < -0.39 is 0 Å². The molecule has 0 aliphatic rings. The monoisotopic (exact) mass is 439 g/mol. The van der Waals surface area contributed by atoms with E-state index in [4.69, 9.17) is 4.98 Å². The first-order valence-corrected chi connectivity index (χ1v) is 10.8. The van der Waals surface area contributed by atoms with Gasteiger partial charge < -0.3 is 0 Å². The van der Waals surface area contributed by atoms with Crippen molar-refractivity contribution < 1.29 is 0 Å². The smallest absolute Gasteiger partial charge is 0.0788 e. The zero-order valence-electron chi connectivity index (χ0n) is 14.8. The highest BCUT2D eigenvalue weighted by Gasteiger charge is 2.15. The van der Waals surface area contributed by atoms with Gasteiger partial charge in [0.05, 0.1) is 11.2 Å². The van der Waals surface area contributed by atoms with Crippen LogP contribution >= 0.6 is 27.3 Å². The van der Waals surface area contributed by atoms with Crippen molar-refractivity contribution in [1.82, 2.24) is 4.98 Å². The van der Waals surface area contributed by atoms with E-state index in [0.717, 1.165) is 21.2 Å². The van der Waals surface area contributed by atoms with Crippen molar-refractivity contribution in [2.75, 3.05) is 0 Å². The van der Waals surface area contributed by atoms with E-state index in [2.05, 4.69) is 101 Å². The quantitative estimate of drug-likeness (QED) is 0.235. The molecule has 0 aliphatic heterocycles. The average Bonchev–Trinajstić information content (AvgIpc) is 3.12. The number of fused-ring (bicyclic) bond motifs is 7. The third kappa shape index (κ3) is 2.33. The SMILES string of the molecule is Brc1cccc(-c2nc3ccccc3c3c2ccc2c4ccccc4sc23)c1. The fraction of sp³-hybridized carbons (Fsp3) is 0. The van der Waals surface area contributed by atoms with E-state index in [0.29, 0.717) is 0 Å². The number of pyridine rings is 1. The van der Waals surface area contributed by atoms with Crippen LogP contribution in [0.15, 0.2) is 89.4 Å². The fourth-order valence-electron chi connectivity index (χ4n) is 4.07. The van der Waals surface area contributed by atoms with Crippen LogP contribution in [0, 0.1) is 0 Å². The molecule has 0 N–H and O–H groups in total. The number of aromatic nitrogens is 1. The number of rotatable bonds is 1. The van der Waals surface area contributed by atoms with Gasteiger partial charge in [0.25, 0.3) is 0 Å². The number of halogens is 1. The van der Waals surface area contributed by atoms with Crippen LogP contribution in [0.25, 0.3) is 53.1 Å². The molecule has 3 heteroatoms. The van der Waals surface area contributed by atoms with Gasteiger partial charge >= 0.3 is 0 Å². The topological polar surface area (TPSA) is 12.9 Å². The molecule has 6 rings (SSSR count). The zero-order chi connectivity index (χ0) is 18.7. The van der Waals surface area contributed by atoms with Crippen LogP contribution in [-0.2, 0) is 0 Å². The van der Waals surface area contributed by atoms with E-state index in [9.17, 15) is 0 Å². The van der Waals surface area contributed by atoms with E-state index in [-0.39, 0.29) is 0 Å². The highest BCUT2D eigenvalue weighted by Crippen LogP contribution is 2.43. The largest absolute Gasteiger partial charge is 0.247 e. The molecule has 0 aliphatic carbocycles. The Balaban J connectivity index is 1.87. The van der Waals surface area contributed by atoms with Crippen molar-refractivity contribution in [3.8, 4) is 11.3 Å². The molecule has 0 saturated carbocycles. The third-order valence-electron chi connectivity index (χ3n) is 5.31. The molecule has 0 bridgehead atoms. The maximum Gasteiger partial charge on any atom is 0.0788 e. The summed E-state index contributed by atoms with van der Waals surface area (Å²) in [5.41, 5.74) is 3.20. The maximum atomic E-state index is 5.06. The van der Waals surface area contributed by atoms with Gasteiger partial charge in [-0.05, 0) is 24.3 Å². The molecule has 1 nitrogen and oxygen atoms in total. The Morgan fingerprint density at radius 2 is 1.46 bits per heavy atom. The van der Waals surface area contributed by atoms with Crippen molar-refractivity contribution >= 4 is 69.1 Å². The van der Waals surface area contributed by atoms with Crippen molar-refractivity contribution in [2.45, 2.75) is 0 Å². The molecule has 0 atom stereocenters. The van der Waals surface area contributed by atoms with E-state index >= 15 is 0 Å². The summed E-state index contributed by atoms with van der Waals surface area (Å²) < 4.78 is 3.74. The summed E-state index contributed by atoms with van der Waals surface area (Å²) in [5, 5.41) is 6.38. The van der Waals surface area contributed by atoms with Gasteiger partial charge in [-0.15, -0.1) is 11.3 Å². The third-order valence-corrected chi connectivity index (χ3v) is 7.00. The Kier molecular flexibility index (Phi) is 3.55. The minimum absolute atomic E-state index is 1.04. The van der Waals surface area contributed by atoms with Crippen LogP contribution in [0.4, 0.5) is 0 Å². The van der Waals surface area contributed by atoms with Crippen LogP contribution in [-0.4, -0.2) is 4.98 Å². The standard InChI is InChI=1S/C25H14BrNS/c26-16-7-5-6-15(14-16)24-20-13-12-18-17-8-2-4-11-22(17)28-25(18)23(20)19-9-1-3-10-21(19)27-24/h1-14H. The summed E-state index contributed by atoms with van der Waals surface area (Å²) in [6.45, 7) is 0. The lowest BCUT2D eigenvalue weighted by Gasteiger charge is -2.11. The maximum absolute atomic E-state index is 5.06. The minimum Gasteiger partial charge on any atom is -0.247 e. The summed E-state index contributed by atoms with van der Waals surface area (Å²) in [6, 6.07) is 30.1. The van der Waals surface area contributed by atoms with E-state index in [1.54, 1.807) is 0 Å². The molecule has 4 aromatic carbocycles. The highest BCUT2D eigenvalue weighted by molar-refractivity contribution is 9.10. The van der Waals surface area contributed by atoms with Gasteiger partial charge in [-0.1, -0.05) is 76.6 Å². The highest BCUT2D eigenvalue weighted by atomic mass is 79.9. The molecule has 0 fully saturated rings. The van der Waals surface area contributed by atoms with Crippen LogP contribution < -0.4 is 0 Å². The minimum atomic E-state index is 1.04. The molecule has 0 unspecified atom stereocenters. The van der Waals surface area contributed by atoms with Crippen LogP contribution in [0.1, 0.15) is 0 Å². The fourth-order valence-corrected chi connectivity index (χ4v) is 5.74. The zero-order valence-corrected chi connectivity index (χ0v) is 17.2. The molecule has 0 saturated heterocycles. The second-order valence-corrected chi connectivity index (χ2v) is 8.92. The number of para-hydroxylation sites is 1. The second kappa shape index (κ2) is 6.13. The van der Waals surface area contributed by atoms with Crippen molar-refractivity contribution in [1.29, 1.82) is 0 Å². The molecule has 28 heavy (non-hydrogen) atoms. The molecular weight excluding hydrogens is 426 g/mol. The first-order chi connectivity index (χ1) is 13.8. The lowest BCUT2D eigenvalue weighted by atomic mass is 9.98. The van der Waals surface area contributed by atoms with Crippen molar-refractivity contribution in [3.05, 3.63) is 89.4 Å².